The first-order valence-corrected chi connectivity index (χ1v) is 10.2. The average molecular weight is 350 g/mol. The van der Waals surface area contributed by atoms with Crippen LogP contribution in [-0.4, -0.2) is 29.6 Å². The normalized spacial score (nSPS) is 25.6. The molecular formula is C24H31NO. The zero-order valence-corrected chi connectivity index (χ0v) is 15.9. The molecule has 1 saturated carbocycles. The van der Waals surface area contributed by atoms with Crippen LogP contribution in [0.5, 0.6) is 0 Å². The van der Waals surface area contributed by atoms with Gasteiger partial charge in [-0.05, 0) is 62.1 Å². The summed E-state index contributed by atoms with van der Waals surface area (Å²) in [5, 5.41) is 11.8. The van der Waals surface area contributed by atoms with Crippen LogP contribution in [0.25, 0.3) is 0 Å². The van der Waals surface area contributed by atoms with E-state index in [2.05, 4.69) is 48.2 Å². The van der Waals surface area contributed by atoms with E-state index in [1.54, 1.807) is 0 Å². The predicted octanol–water partition coefficient (Wildman–Crippen LogP) is 4.74. The Bertz CT molecular complexity index is 711. The van der Waals surface area contributed by atoms with Crippen LogP contribution >= 0.6 is 0 Å². The Balaban J connectivity index is 1.54. The number of nitrogens with zero attached hydrogens (tertiary/aromatic N) is 1. The van der Waals surface area contributed by atoms with Gasteiger partial charge in [-0.2, -0.15) is 0 Å². The second-order valence-corrected chi connectivity index (χ2v) is 8.48. The van der Waals surface area contributed by atoms with Crippen LogP contribution in [0, 0.1) is 18.8 Å². The Morgan fingerprint density at radius 1 is 0.923 bits per heavy atom. The van der Waals surface area contributed by atoms with E-state index in [1.165, 1.54) is 44.3 Å². The molecule has 0 radical (unpaired) electrons. The highest BCUT2D eigenvalue weighted by atomic mass is 16.3. The van der Waals surface area contributed by atoms with Crippen molar-refractivity contribution in [1.82, 2.24) is 4.90 Å². The third-order valence-electron chi connectivity index (χ3n) is 6.59. The molecule has 2 aromatic rings. The zero-order valence-electron chi connectivity index (χ0n) is 15.9. The molecule has 0 spiro atoms. The standard InChI is InChI=1S/C24H31NO/c1-19-7-11-23(12-8-19)24(26,22-5-3-2-4-6-22)14-16-25-15-13-20-9-10-21(17-20)18-25/h2-8,11-12,20-21,26H,9-10,13-18H2,1H3. The van der Waals surface area contributed by atoms with Gasteiger partial charge in [0, 0.05) is 13.1 Å². The van der Waals surface area contributed by atoms with Gasteiger partial charge in [0.2, 0.25) is 0 Å². The number of aryl methyl sites for hydroxylation is 1. The number of rotatable bonds is 5. The summed E-state index contributed by atoms with van der Waals surface area (Å²) in [6, 6.07) is 18.6. The van der Waals surface area contributed by atoms with Gasteiger partial charge < -0.3 is 10.0 Å². The largest absolute Gasteiger partial charge is 0.380 e. The quantitative estimate of drug-likeness (QED) is 0.842. The van der Waals surface area contributed by atoms with E-state index in [1.807, 2.05) is 18.2 Å². The summed E-state index contributed by atoms with van der Waals surface area (Å²) in [5.74, 6) is 1.83. The van der Waals surface area contributed by atoms with Crippen molar-refractivity contribution < 1.29 is 5.11 Å². The Morgan fingerprint density at radius 3 is 2.38 bits per heavy atom. The van der Waals surface area contributed by atoms with Crippen LogP contribution in [0.2, 0.25) is 0 Å². The summed E-state index contributed by atoms with van der Waals surface area (Å²) >= 11 is 0. The zero-order chi connectivity index (χ0) is 18.0. The molecule has 1 N–H and O–H groups in total. The second kappa shape index (κ2) is 7.54. The molecule has 0 amide bonds. The second-order valence-electron chi connectivity index (χ2n) is 8.48. The van der Waals surface area contributed by atoms with E-state index in [0.29, 0.717) is 0 Å². The van der Waals surface area contributed by atoms with Crippen LogP contribution in [0.1, 0.15) is 48.8 Å². The molecule has 2 heteroatoms. The van der Waals surface area contributed by atoms with Crippen molar-refractivity contribution in [2.45, 2.75) is 44.6 Å². The molecule has 2 fully saturated rings. The molecule has 1 saturated heterocycles. The first-order chi connectivity index (χ1) is 12.6. The molecule has 2 nitrogen and oxygen atoms in total. The summed E-state index contributed by atoms with van der Waals surface area (Å²) in [6.45, 7) is 5.47. The third-order valence-corrected chi connectivity index (χ3v) is 6.59. The Labute approximate surface area is 157 Å². The van der Waals surface area contributed by atoms with Gasteiger partial charge in [-0.15, -0.1) is 0 Å². The number of hydrogen-bond donors (Lipinski definition) is 1. The van der Waals surface area contributed by atoms with Gasteiger partial charge in [0.15, 0.2) is 0 Å². The van der Waals surface area contributed by atoms with E-state index in [4.69, 9.17) is 0 Å². The Morgan fingerprint density at radius 2 is 1.62 bits per heavy atom. The van der Waals surface area contributed by atoms with Gasteiger partial charge in [0.25, 0.3) is 0 Å². The Hall–Kier alpha value is -1.64. The molecule has 2 bridgehead atoms. The van der Waals surface area contributed by atoms with Crippen LogP contribution in [-0.2, 0) is 5.60 Å². The van der Waals surface area contributed by atoms with Crippen LogP contribution in [0.15, 0.2) is 54.6 Å². The minimum Gasteiger partial charge on any atom is -0.380 e. The first kappa shape index (κ1) is 17.8. The number of likely N-dealkylation sites (tertiary alicyclic amines) is 1. The molecule has 1 aliphatic carbocycles. The molecule has 26 heavy (non-hydrogen) atoms. The highest BCUT2D eigenvalue weighted by Gasteiger charge is 2.34. The average Bonchev–Trinajstić information content (AvgIpc) is 3.01. The fraction of sp³-hybridized carbons (Fsp3) is 0.500. The summed E-state index contributed by atoms with van der Waals surface area (Å²) in [6.07, 6.45) is 6.36. The lowest BCUT2D eigenvalue weighted by Gasteiger charge is -2.33. The minimum absolute atomic E-state index is 0.747. The van der Waals surface area contributed by atoms with Crippen LogP contribution < -0.4 is 0 Å². The van der Waals surface area contributed by atoms with E-state index >= 15 is 0 Å². The van der Waals surface area contributed by atoms with E-state index in [-0.39, 0.29) is 0 Å². The minimum atomic E-state index is -0.916. The molecule has 138 valence electrons. The number of hydrogen-bond acceptors (Lipinski definition) is 2. The van der Waals surface area contributed by atoms with E-state index in [9.17, 15) is 5.11 Å². The van der Waals surface area contributed by atoms with Crippen molar-refractivity contribution in [1.29, 1.82) is 0 Å². The number of benzene rings is 2. The van der Waals surface area contributed by atoms with Crippen molar-refractivity contribution in [2.24, 2.45) is 11.8 Å². The fourth-order valence-corrected chi connectivity index (χ4v) is 4.95. The molecule has 0 aromatic heterocycles. The fourth-order valence-electron chi connectivity index (χ4n) is 4.95. The maximum atomic E-state index is 11.8. The highest BCUT2D eigenvalue weighted by molar-refractivity contribution is 5.37. The topological polar surface area (TPSA) is 23.5 Å². The molecule has 3 atom stereocenters. The summed E-state index contributed by atoms with van der Waals surface area (Å²) in [4.78, 5) is 2.60. The van der Waals surface area contributed by atoms with Gasteiger partial charge in [0.05, 0.1) is 0 Å². The molecule has 2 aromatic carbocycles. The predicted molar refractivity (Wildman–Crippen MR) is 107 cm³/mol. The summed E-state index contributed by atoms with van der Waals surface area (Å²) < 4.78 is 0. The monoisotopic (exact) mass is 349 g/mol. The van der Waals surface area contributed by atoms with Crippen molar-refractivity contribution in [3.05, 3.63) is 71.3 Å². The van der Waals surface area contributed by atoms with Crippen molar-refractivity contribution in [3.63, 3.8) is 0 Å². The van der Waals surface area contributed by atoms with Crippen molar-refractivity contribution in [2.75, 3.05) is 19.6 Å². The van der Waals surface area contributed by atoms with E-state index < -0.39 is 5.60 Å². The molecule has 1 aliphatic heterocycles. The van der Waals surface area contributed by atoms with Gasteiger partial charge in [-0.25, -0.2) is 0 Å². The van der Waals surface area contributed by atoms with Gasteiger partial charge in [-0.3, -0.25) is 0 Å². The maximum absolute atomic E-state index is 11.8. The molecular weight excluding hydrogens is 318 g/mol. The van der Waals surface area contributed by atoms with Gasteiger partial charge >= 0.3 is 0 Å². The van der Waals surface area contributed by atoms with E-state index in [0.717, 1.165) is 35.9 Å². The summed E-state index contributed by atoms with van der Waals surface area (Å²) in [7, 11) is 0. The van der Waals surface area contributed by atoms with Gasteiger partial charge in [0.1, 0.15) is 5.60 Å². The molecule has 3 unspecified atom stereocenters. The lowest BCUT2D eigenvalue weighted by Crippen LogP contribution is -2.36. The van der Waals surface area contributed by atoms with Crippen LogP contribution in [0.3, 0.4) is 0 Å². The Kier molecular flexibility index (Phi) is 5.15. The third kappa shape index (κ3) is 3.72. The smallest absolute Gasteiger partial charge is 0.116 e. The maximum Gasteiger partial charge on any atom is 0.116 e. The van der Waals surface area contributed by atoms with Crippen molar-refractivity contribution in [3.8, 4) is 0 Å². The molecule has 1 heterocycles. The highest BCUT2D eigenvalue weighted by Crippen LogP contribution is 2.38. The van der Waals surface area contributed by atoms with Gasteiger partial charge in [-0.1, -0.05) is 66.6 Å². The molecule has 2 aliphatic rings. The summed E-state index contributed by atoms with van der Waals surface area (Å²) in [5.41, 5.74) is 2.32. The first-order valence-electron chi connectivity index (χ1n) is 10.2. The number of fused-ring (bicyclic) bond motifs is 2. The lowest BCUT2D eigenvalue weighted by atomic mass is 9.83. The molecule has 4 rings (SSSR count). The number of aliphatic hydroxyl groups is 1. The van der Waals surface area contributed by atoms with Crippen LogP contribution in [0.4, 0.5) is 0 Å². The lowest BCUT2D eigenvalue weighted by molar-refractivity contribution is 0.0554. The SMILES string of the molecule is Cc1ccc(C(O)(CCN2CCC3CCC(C3)C2)c2ccccc2)cc1. The van der Waals surface area contributed by atoms with Crippen molar-refractivity contribution >= 4 is 0 Å².